The van der Waals surface area contributed by atoms with Crippen molar-refractivity contribution in [3.05, 3.63) is 97.9 Å². The first-order chi connectivity index (χ1) is 17.2. The fourth-order valence-electron chi connectivity index (χ4n) is 5.32. The second kappa shape index (κ2) is 9.36. The highest BCUT2D eigenvalue weighted by molar-refractivity contribution is 6.42. The number of amides is 2. The van der Waals surface area contributed by atoms with Gasteiger partial charge in [-0.05, 0) is 47.5 Å². The van der Waals surface area contributed by atoms with Crippen molar-refractivity contribution in [3.63, 3.8) is 0 Å². The molecule has 0 radical (unpaired) electrons. The zero-order valence-corrected chi connectivity index (χ0v) is 21.7. The first kappa shape index (κ1) is 25.1. The van der Waals surface area contributed by atoms with Gasteiger partial charge in [-0.1, -0.05) is 76.7 Å². The van der Waals surface area contributed by atoms with Crippen molar-refractivity contribution >= 4 is 69.9 Å². The van der Waals surface area contributed by atoms with Gasteiger partial charge in [-0.15, -0.1) is 0 Å². The van der Waals surface area contributed by atoms with Crippen LogP contribution in [-0.4, -0.2) is 30.9 Å². The van der Waals surface area contributed by atoms with Crippen LogP contribution in [0.1, 0.15) is 11.1 Å². The largest absolute Gasteiger partial charge is 0.468 e. The molecule has 3 aromatic carbocycles. The summed E-state index contributed by atoms with van der Waals surface area (Å²) in [4.78, 5) is 42.1. The first-order valence-corrected chi connectivity index (χ1v) is 12.4. The number of nitrogens with zero attached hydrogens (tertiary/aromatic N) is 1. The Morgan fingerprint density at radius 3 is 1.89 bits per heavy atom. The van der Waals surface area contributed by atoms with Crippen LogP contribution < -0.4 is 10.2 Å². The number of nitrogens with one attached hydrogen (secondary N) is 1. The summed E-state index contributed by atoms with van der Waals surface area (Å²) in [6, 6.07) is 17.3. The molecule has 10 heteroatoms. The number of imide groups is 1. The Morgan fingerprint density at radius 1 is 0.861 bits per heavy atom. The van der Waals surface area contributed by atoms with Crippen molar-refractivity contribution in [1.29, 1.82) is 0 Å². The third-order valence-electron chi connectivity index (χ3n) is 6.74. The molecule has 36 heavy (non-hydrogen) atoms. The smallest absolute Gasteiger partial charge is 0.323 e. The maximum Gasteiger partial charge on any atom is 0.323 e. The molecule has 2 aliphatic rings. The summed E-state index contributed by atoms with van der Waals surface area (Å²) in [5.74, 6) is -4.06. The third kappa shape index (κ3) is 3.71. The van der Waals surface area contributed by atoms with E-state index in [4.69, 9.17) is 51.1 Å². The number of hydrogen-bond donors (Lipinski definition) is 1. The standard InChI is InChI=1S/C26H18Cl4N2O4/c1-36-25(35)21-19-20(24(34)32(23(19)33)22-17(29)9-4-10-18(22)30)26(31-21,13-5-2-7-15(27)11-13)14-6-3-8-16(28)12-14/h2-12,19-21,31H,1H3/t19-,20+,21+/m0/s1. The summed E-state index contributed by atoms with van der Waals surface area (Å²) in [7, 11) is 1.22. The summed E-state index contributed by atoms with van der Waals surface area (Å²) < 4.78 is 5.04. The van der Waals surface area contributed by atoms with Gasteiger partial charge in [-0.2, -0.15) is 0 Å². The van der Waals surface area contributed by atoms with Gasteiger partial charge in [-0.3, -0.25) is 19.7 Å². The molecule has 2 heterocycles. The maximum atomic E-state index is 14.2. The lowest BCUT2D eigenvalue weighted by molar-refractivity contribution is -0.145. The SMILES string of the molecule is COC(=O)[C@@H]1NC(c2cccc(Cl)c2)(c2cccc(Cl)c2)[C@H]2C(=O)N(c3c(Cl)cccc3Cl)C(=O)[C@H]12. The monoisotopic (exact) mass is 562 g/mol. The van der Waals surface area contributed by atoms with Crippen LogP contribution in [0.15, 0.2) is 66.7 Å². The van der Waals surface area contributed by atoms with E-state index >= 15 is 0 Å². The van der Waals surface area contributed by atoms with Gasteiger partial charge in [0.05, 0.1) is 40.2 Å². The zero-order valence-electron chi connectivity index (χ0n) is 18.7. The van der Waals surface area contributed by atoms with E-state index < -0.39 is 41.2 Å². The summed E-state index contributed by atoms with van der Waals surface area (Å²) in [6.07, 6.45) is 0. The molecular weight excluding hydrogens is 546 g/mol. The minimum Gasteiger partial charge on any atom is -0.468 e. The van der Waals surface area contributed by atoms with Crippen LogP contribution in [-0.2, 0) is 24.7 Å². The molecule has 0 aliphatic carbocycles. The highest BCUT2D eigenvalue weighted by Gasteiger charge is 2.68. The van der Waals surface area contributed by atoms with E-state index in [1.54, 1.807) is 54.6 Å². The van der Waals surface area contributed by atoms with E-state index in [2.05, 4.69) is 5.32 Å². The molecule has 2 aliphatic heterocycles. The van der Waals surface area contributed by atoms with E-state index in [0.29, 0.717) is 21.2 Å². The topological polar surface area (TPSA) is 75.7 Å². The number of hydrogen-bond acceptors (Lipinski definition) is 5. The molecule has 0 unspecified atom stereocenters. The molecule has 6 nitrogen and oxygen atoms in total. The molecule has 0 saturated carbocycles. The van der Waals surface area contributed by atoms with Crippen molar-refractivity contribution in [2.75, 3.05) is 12.0 Å². The van der Waals surface area contributed by atoms with Gasteiger partial charge in [0.25, 0.3) is 0 Å². The molecule has 2 amide bonds. The summed E-state index contributed by atoms with van der Waals surface area (Å²) in [5, 5.41) is 4.36. The van der Waals surface area contributed by atoms with Crippen molar-refractivity contribution in [2.45, 2.75) is 11.6 Å². The van der Waals surface area contributed by atoms with Crippen molar-refractivity contribution in [2.24, 2.45) is 11.8 Å². The Labute approximate surface area is 227 Å². The van der Waals surface area contributed by atoms with E-state index in [0.717, 1.165) is 4.90 Å². The predicted octanol–water partition coefficient (Wildman–Crippen LogP) is 5.49. The number of anilines is 1. The summed E-state index contributed by atoms with van der Waals surface area (Å²) in [5.41, 5.74) is -0.132. The lowest BCUT2D eigenvalue weighted by Gasteiger charge is -2.36. The van der Waals surface area contributed by atoms with Crippen LogP contribution in [0.3, 0.4) is 0 Å². The Kier molecular flexibility index (Phi) is 6.52. The number of methoxy groups -OCH3 is 1. The van der Waals surface area contributed by atoms with Crippen LogP contribution >= 0.6 is 46.4 Å². The van der Waals surface area contributed by atoms with Crippen LogP contribution in [0.25, 0.3) is 0 Å². The van der Waals surface area contributed by atoms with E-state index in [1.165, 1.54) is 19.2 Å². The van der Waals surface area contributed by atoms with Gasteiger partial charge >= 0.3 is 5.97 Å². The van der Waals surface area contributed by atoms with Crippen molar-refractivity contribution in [1.82, 2.24) is 5.32 Å². The molecule has 3 aromatic rings. The van der Waals surface area contributed by atoms with Crippen LogP contribution in [0, 0.1) is 11.8 Å². The number of benzene rings is 3. The summed E-state index contributed by atoms with van der Waals surface area (Å²) >= 11 is 25.5. The summed E-state index contributed by atoms with van der Waals surface area (Å²) in [6.45, 7) is 0. The normalized spacial score (nSPS) is 22.6. The van der Waals surface area contributed by atoms with Crippen LogP contribution in [0.4, 0.5) is 5.69 Å². The highest BCUT2D eigenvalue weighted by atomic mass is 35.5. The number of carbonyl (C=O) groups is 3. The Balaban J connectivity index is 1.81. The first-order valence-electron chi connectivity index (χ1n) is 10.9. The number of fused-ring (bicyclic) bond motifs is 1. The van der Waals surface area contributed by atoms with Gasteiger partial charge in [0.15, 0.2) is 0 Å². The quantitative estimate of drug-likeness (QED) is 0.335. The number of carbonyl (C=O) groups excluding carboxylic acids is 3. The number of ether oxygens (including phenoxy) is 1. The lowest BCUT2D eigenvalue weighted by Crippen LogP contribution is -2.52. The minimum absolute atomic E-state index is 0.0694. The van der Waals surface area contributed by atoms with E-state index in [-0.39, 0.29) is 15.7 Å². The molecule has 1 N–H and O–H groups in total. The second-order valence-electron chi connectivity index (χ2n) is 8.56. The third-order valence-corrected chi connectivity index (χ3v) is 7.82. The molecule has 0 aromatic heterocycles. The van der Waals surface area contributed by atoms with Crippen LogP contribution in [0.5, 0.6) is 0 Å². The van der Waals surface area contributed by atoms with Crippen molar-refractivity contribution < 1.29 is 19.1 Å². The predicted molar refractivity (Wildman–Crippen MR) is 139 cm³/mol. The fraction of sp³-hybridized carbons (Fsp3) is 0.192. The molecule has 0 bridgehead atoms. The molecular formula is C26H18Cl4N2O4. The fourth-order valence-corrected chi connectivity index (χ4v) is 6.27. The van der Waals surface area contributed by atoms with Crippen LogP contribution in [0.2, 0.25) is 20.1 Å². The van der Waals surface area contributed by atoms with Gasteiger partial charge in [0, 0.05) is 10.0 Å². The van der Waals surface area contributed by atoms with Gasteiger partial charge in [0.1, 0.15) is 6.04 Å². The van der Waals surface area contributed by atoms with E-state index in [9.17, 15) is 14.4 Å². The number of para-hydroxylation sites is 1. The van der Waals surface area contributed by atoms with E-state index in [1.807, 2.05) is 0 Å². The molecule has 2 saturated heterocycles. The molecule has 184 valence electrons. The second-order valence-corrected chi connectivity index (χ2v) is 10.2. The minimum atomic E-state index is -1.35. The zero-order chi connectivity index (χ0) is 25.8. The highest BCUT2D eigenvalue weighted by Crippen LogP contribution is 2.54. The maximum absolute atomic E-state index is 14.2. The van der Waals surface area contributed by atoms with Gasteiger partial charge in [-0.25, -0.2) is 4.90 Å². The number of rotatable bonds is 4. The van der Waals surface area contributed by atoms with Crippen molar-refractivity contribution in [3.8, 4) is 0 Å². The number of esters is 1. The average molecular weight is 564 g/mol. The molecule has 3 atom stereocenters. The Hall–Kier alpha value is -2.61. The Morgan fingerprint density at radius 2 is 1.39 bits per heavy atom. The molecule has 0 spiro atoms. The lowest BCUT2D eigenvalue weighted by atomic mass is 9.71. The Bertz CT molecular complexity index is 1350. The number of halogens is 4. The van der Waals surface area contributed by atoms with Gasteiger partial charge < -0.3 is 4.74 Å². The van der Waals surface area contributed by atoms with Gasteiger partial charge in [0.2, 0.25) is 11.8 Å². The molecule has 5 rings (SSSR count). The average Bonchev–Trinajstić information content (AvgIpc) is 3.34. The molecule has 2 fully saturated rings.